The zero-order valence-electron chi connectivity index (χ0n) is 8.14. The molecule has 0 saturated carbocycles. The molecule has 0 aliphatic rings. The Labute approximate surface area is 84.9 Å². The second-order valence-electron chi connectivity index (χ2n) is 3.14. The Balaban J connectivity index is 3.34. The Morgan fingerprint density at radius 2 is 1.87 bits per heavy atom. The van der Waals surface area contributed by atoms with Gasteiger partial charge in [0.15, 0.2) is 17.5 Å². The lowest BCUT2D eigenvalue weighted by molar-refractivity contribution is 0.238. The summed E-state index contributed by atoms with van der Waals surface area (Å²) in [5.41, 5.74) is -0.623. The van der Waals surface area contributed by atoms with Gasteiger partial charge in [0.25, 0.3) is 0 Å². The summed E-state index contributed by atoms with van der Waals surface area (Å²) in [6.45, 7) is 3.25. The zero-order chi connectivity index (χ0) is 11.6. The molecule has 0 aromatic heterocycles. The average Bonchev–Trinajstić information content (AvgIpc) is 2.14. The van der Waals surface area contributed by atoms with Crippen molar-refractivity contribution in [1.29, 1.82) is 5.26 Å². The topological polar surface area (TPSA) is 33.0 Å². The first-order valence-electron chi connectivity index (χ1n) is 4.21. The molecule has 0 heterocycles. The van der Waals surface area contributed by atoms with E-state index in [0.717, 1.165) is 0 Å². The molecule has 15 heavy (non-hydrogen) atoms. The predicted molar refractivity (Wildman–Crippen MR) is 46.8 cm³/mol. The summed E-state index contributed by atoms with van der Waals surface area (Å²) >= 11 is 0. The van der Waals surface area contributed by atoms with Crippen molar-refractivity contribution in [1.82, 2.24) is 0 Å². The Kier molecular flexibility index (Phi) is 3.20. The van der Waals surface area contributed by atoms with Crippen LogP contribution in [0, 0.1) is 28.8 Å². The smallest absolute Gasteiger partial charge is 0.196 e. The van der Waals surface area contributed by atoms with Gasteiger partial charge < -0.3 is 4.74 Å². The first-order chi connectivity index (χ1) is 6.97. The molecule has 1 aromatic rings. The van der Waals surface area contributed by atoms with Crippen LogP contribution < -0.4 is 4.74 Å². The predicted octanol–water partition coefficient (Wildman–Crippen LogP) is 2.76. The molecular formula is C10H8F3NO. The molecule has 0 N–H and O–H groups in total. The first-order valence-corrected chi connectivity index (χ1v) is 4.21. The third-order valence-corrected chi connectivity index (χ3v) is 1.60. The largest absolute Gasteiger partial charge is 0.489 e. The maximum atomic E-state index is 13.1. The molecule has 5 heteroatoms. The van der Waals surface area contributed by atoms with Gasteiger partial charge in [-0.1, -0.05) is 0 Å². The average molecular weight is 215 g/mol. The molecule has 0 atom stereocenters. The van der Waals surface area contributed by atoms with E-state index < -0.39 is 23.0 Å². The lowest BCUT2D eigenvalue weighted by Gasteiger charge is -2.11. The lowest BCUT2D eigenvalue weighted by atomic mass is 10.2. The van der Waals surface area contributed by atoms with Gasteiger partial charge in [0.1, 0.15) is 17.4 Å². The first kappa shape index (κ1) is 11.4. The van der Waals surface area contributed by atoms with Crippen LogP contribution in [-0.4, -0.2) is 6.10 Å². The fourth-order valence-corrected chi connectivity index (χ4v) is 1.02. The molecule has 2 nitrogen and oxygen atoms in total. The number of nitrogens with zero attached hydrogens (tertiary/aromatic N) is 1. The highest BCUT2D eigenvalue weighted by Crippen LogP contribution is 2.26. The van der Waals surface area contributed by atoms with Gasteiger partial charge in [0.2, 0.25) is 0 Å². The molecule has 80 valence electrons. The Hall–Kier alpha value is -1.70. The molecule has 0 unspecified atom stereocenters. The highest BCUT2D eigenvalue weighted by atomic mass is 19.2. The monoisotopic (exact) mass is 215 g/mol. The van der Waals surface area contributed by atoms with Crippen LogP contribution in [0.25, 0.3) is 0 Å². The van der Waals surface area contributed by atoms with Crippen molar-refractivity contribution in [3.05, 3.63) is 29.1 Å². The van der Waals surface area contributed by atoms with Crippen molar-refractivity contribution in [2.75, 3.05) is 0 Å². The fourth-order valence-electron chi connectivity index (χ4n) is 1.02. The number of halogens is 3. The summed E-state index contributed by atoms with van der Waals surface area (Å²) in [5.74, 6) is -4.85. The summed E-state index contributed by atoms with van der Waals surface area (Å²) in [4.78, 5) is 0. The minimum Gasteiger partial charge on any atom is -0.489 e. The Morgan fingerprint density at radius 3 is 2.33 bits per heavy atom. The Bertz CT molecular complexity index is 424. The third-order valence-electron chi connectivity index (χ3n) is 1.60. The third kappa shape index (κ3) is 2.21. The van der Waals surface area contributed by atoms with Crippen LogP contribution in [0.5, 0.6) is 5.75 Å². The van der Waals surface area contributed by atoms with E-state index in [1.54, 1.807) is 13.8 Å². The van der Waals surface area contributed by atoms with Gasteiger partial charge in [-0.2, -0.15) is 5.26 Å². The number of hydrogen-bond donors (Lipinski definition) is 0. The highest BCUT2D eigenvalue weighted by molar-refractivity contribution is 5.45. The SMILES string of the molecule is CC(C)Oc1cc(F)c(F)c(F)c1C#N. The van der Waals surface area contributed by atoms with Gasteiger partial charge in [0.05, 0.1) is 6.10 Å². The fraction of sp³-hybridized carbons (Fsp3) is 0.300. The number of hydrogen-bond acceptors (Lipinski definition) is 2. The molecule has 0 spiro atoms. The zero-order valence-corrected chi connectivity index (χ0v) is 8.14. The second-order valence-corrected chi connectivity index (χ2v) is 3.14. The molecule has 0 amide bonds. The van der Waals surface area contributed by atoms with Crippen LogP contribution in [0.1, 0.15) is 19.4 Å². The Morgan fingerprint density at radius 1 is 1.27 bits per heavy atom. The molecule has 0 radical (unpaired) electrons. The van der Waals surface area contributed by atoms with Crippen LogP contribution in [0.15, 0.2) is 6.07 Å². The van der Waals surface area contributed by atoms with Crippen LogP contribution in [0.2, 0.25) is 0 Å². The van der Waals surface area contributed by atoms with E-state index in [1.165, 1.54) is 6.07 Å². The van der Waals surface area contributed by atoms with E-state index >= 15 is 0 Å². The van der Waals surface area contributed by atoms with E-state index in [0.29, 0.717) is 6.07 Å². The summed E-state index contributed by atoms with van der Waals surface area (Å²) in [5, 5.41) is 8.57. The molecule has 0 fully saturated rings. The minimum atomic E-state index is -1.66. The van der Waals surface area contributed by atoms with Crippen LogP contribution in [0.4, 0.5) is 13.2 Å². The minimum absolute atomic E-state index is 0.288. The van der Waals surface area contributed by atoms with Gasteiger partial charge >= 0.3 is 0 Å². The normalized spacial score (nSPS) is 10.2. The number of nitriles is 1. The van der Waals surface area contributed by atoms with Crippen LogP contribution in [0.3, 0.4) is 0 Å². The van der Waals surface area contributed by atoms with Crippen LogP contribution in [-0.2, 0) is 0 Å². The number of benzene rings is 1. The summed E-state index contributed by atoms with van der Waals surface area (Å²) in [6.07, 6.45) is -0.360. The maximum absolute atomic E-state index is 13.1. The van der Waals surface area contributed by atoms with Crippen molar-refractivity contribution in [2.45, 2.75) is 20.0 Å². The summed E-state index contributed by atoms with van der Waals surface area (Å²) in [7, 11) is 0. The van der Waals surface area contributed by atoms with Gasteiger partial charge in [-0.15, -0.1) is 0 Å². The lowest BCUT2D eigenvalue weighted by Crippen LogP contribution is -2.09. The van der Waals surface area contributed by atoms with Gasteiger partial charge in [-0.3, -0.25) is 0 Å². The molecule has 1 rings (SSSR count). The molecule has 1 aromatic carbocycles. The standard InChI is InChI=1S/C10H8F3NO/c1-5(2)15-8-3-7(11)10(13)9(12)6(8)4-14/h3,5H,1-2H3. The van der Waals surface area contributed by atoms with Crippen molar-refractivity contribution >= 4 is 0 Å². The van der Waals surface area contributed by atoms with E-state index in [1.807, 2.05) is 0 Å². The van der Waals surface area contributed by atoms with Crippen molar-refractivity contribution in [3.63, 3.8) is 0 Å². The van der Waals surface area contributed by atoms with Crippen molar-refractivity contribution in [3.8, 4) is 11.8 Å². The van der Waals surface area contributed by atoms with Gasteiger partial charge in [0, 0.05) is 6.07 Å². The molecule has 0 aliphatic carbocycles. The van der Waals surface area contributed by atoms with Crippen molar-refractivity contribution in [2.24, 2.45) is 0 Å². The van der Waals surface area contributed by atoms with E-state index in [9.17, 15) is 13.2 Å². The van der Waals surface area contributed by atoms with Crippen LogP contribution >= 0.6 is 0 Å². The second kappa shape index (κ2) is 4.22. The van der Waals surface area contributed by atoms with E-state index in [2.05, 4.69) is 0 Å². The van der Waals surface area contributed by atoms with Gasteiger partial charge in [-0.05, 0) is 13.8 Å². The van der Waals surface area contributed by atoms with Crippen molar-refractivity contribution < 1.29 is 17.9 Å². The van der Waals surface area contributed by atoms with E-state index in [4.69, 9.17) is 10.00 Å². The maximum Gasteiger partial charge on any atom is 0.196 e. The molecule has 0 saturated heterocycles. The highest BCUT2D eigenvalue weighted by Gasteiger charge is 2.20. The molecular weight excluding hydrogens is 207 g/mol. The van der Waals surface area contributed by atoms with Gasteiger partial charge in [-0.25, -0.2) is 13.2 Å². The van der Waals surface area contributed by atoms with E-state index in [-0.39, 0.29) is 11.9 Å². The number of ether oxygens (including phenoxy) is 1. The quantitative estimate of drug-likeness (QED) is 0.710. The summed E-state index contributed by atoms with van der Waals surface area (Å²) < 4.78 is 43.6. The summed E-state index contributed by atoms with van der Waals surface area (Å²) in [6, 6.07) is 2.09. The molecule has 0 aliphatic heterocycles. The number of rotatable bonds is 2. The molecule has 0 bridgehead atoms.